The highest BCUT2D eigenvalue weighted by atomic mass is 32.2. The van der Waals surface area contributed by atoms with Gasteiger partial charge in [0.25, 0.3) is 5.91 Å². The lowest BCUT2D eigenvalue weighted by Gasteiger charge is -2.36. The van der Waals surface area contributed by atoms with E-state index in [2.05, 4.69) is 5.32 Å². The van der Waals surface area contributed by atoms with Crippen LogP contribution in [0.2, 0.25) is 0 Å². The van der Waals surface area contributed by atoms with Crippen LogP contribution < -0.4 is 10.2 Å². The standard InChI is InChI=1S/C23H21F3N4O5S/c24-13-7-14(25)9-16(8-13)36(34,35)29-5-3-28(4-6-29)20-11-15(26)10-17-18(20)12-30(23(17)33)19-1-2-21(31)27-22(19)32/h7-11,19H,1-6,12H2,(H,27,31,32). The Morgan fingerprint density at radius 2 is 1.50 bits per heavy atom. The van der Waals surface area contributed by atoms with E-state index in [0.29, 0.717) is 17.3 Å². The summed E-state index contributed by atoms with van der Waals surface area (Å²) in [7, 11) is -4.16. The second kappa shape index (κ2) is 8.89. The largest absolute Gasteiger partial charge is 0.369 e. The van der Waals surface area contributed by atoms with E-state index in [0.717, 1.165) is 22.5 Å². The molecule has 0 aliphatic carbocycles. The predicted molar refractivity (Wildman–Crippen MR) is 120 cm³/mol. The number of amides is 3. The molecule has 0 saturated carbocycles. The molecule has 36 heavy (non-hydrogen) atoms. The van der Waals surface area contributed by atoms with E-state index in [-0.39, 0.29) is 51.1 Å². The SMILES string of the molecule is O=C1CCC(N2Cc3c(cc(F)cc3N3CCN(S(=O)(=O)c4cc(F)cc(F)c4)CC3)C2=O)C(=O)N1. The highest BCUT2D eigenvalue weighted by Gasteiger charge is 2.41. The molecule has 2 aromatic rings. The Morgan fingerprint density at radius 1 is 0.861 bits per heavy atom. The molecule has 1 atom stereocenters. The zero-order valence-corrected chi connectivity index (χ0v) is 19.7. The van der Waals surface area contributed by atoms with E-state index in [4.69, 9.17) is 0 Å². The Kier molecular flexibility index (Phi) is 5.99. The lowest BCUT2D eigenvalue weighted by Crippen LogP contribution is -2.52. The number of hydrogen-bond acceptors (Lipinski definition) is 6. The maximum atomic E-state index is 14.5. The number of benzene rings is 2. The molecule has 0 spiro atoms. The van der Waals surface area contributed by atoms with Crippen LogP contribution in [-0.2, 0) is 26.2 Å². The Labute approximate surface area is 204 Å². The van der Waals surface area contributed by atoms with Crippen LogP contribution in [0.4, 0.5) is 18.9 Å². The van der Waals surface area contributed by atoms with Crippen LogP contribution in [0.5, 0.6) is 0 Å². The lowest BCUT2D eigenvalue weighted by molar-refractivity contribution is -0.136. The van der Waals surface area contributed by atoms with Gasteiger partial charge in [-0.2, -0.15) is 4.31 Å². The number of imide groups is 1. The van der Waals surface area contributed by atoms with Gasteiger partial charge in [0.05, 0.1) is 4.90 Å². The minimum Gasteiger partial charge on any atom is -0.369 e. The van der Waals surface area contributed by atoms with E-state index < -0.39 is 56.1 Å². The van der Waals surface area contributed by atoms with Gasteiger partial charge in [0.15, 0.2) is 0 Å². The highest BCUT2D eigenvalue weighted by Crippen LogP contribution is 2.36. The number of halogens is 3. The summed E-state index contributed by atoms with van der Waals surface area (Å²) in [6.07, 6.45) is 0.253. The molecule has 1 N–H and O–H groups in total. The minimum absolute atomic E-state index is 0.0312. The number of piperazine rings is 1. The molecular formula is C23H21F3N4O5S. The first-order valence-corrected chi connectivity index (χ1v) is 12.7. The Bertz CT molecular complexity index is 1370. The van der Waals surface area contributed by atoms with E-state index in [9.17, 15) is 36.0 Å². The first-order valence-electron chi connectivity index (χ1n) is 11.2. The average Bonchev–Trinajstić information content (AvgIpc) is 3.14. The maximum Gasteiger partial charge on any atom is 0.255 e. The number of carbonyl (C=O) groups is 3. The van der Waals surface area contributed by atoms with Crippen molar-refractivity contribution in [3.8, 4) is 0 Å². The van der Waals surface area contributed by atoms with Crippen molar-refractivity contribution in [3.63, 3.8) is 0 Å². The van der Waals surface area contributed by atoms with Crippen LogP contribution in [-0.4, -0.2) is 67.6 Å². The van der Waals surface area contributed by atoms with Gasteiger partial charge in [0.2, 0.25) is 21.8 Å². The molecule has 0 radical (unpaired) electrons. The van der Waals surface area contributed by atoms with Gasteiger partial charge in [-0.3, -0.25) is 19.7 Å². The highest BCUT2D eigenvalue weighted by molar-refractivity contribution is 7.89. The summed E-state index contributed by atoms with van der Waals surface area (Å²) < 4.78 is 68.5. The zero-order valence-electron chi connectivity index (χ0n) is 18.8. The zero-order chi connectivity index (χ0) is 25.8. The summed E-state index contributed by atoms with van der Waals surface area (Å²) in [5, 5.41) is 2.22. The van der Waals surface area contributed by atoms with Crippen LogP contribution in [0, 0.1) is 17.5 Å². The third-order valence-corrected chi connectivity index (χ3v) is 8.53. The monoisotopic (exact) mass is 522 g/mol. The van der Waals surface area contributed by atoms with Gasteiger partial charge >= 0.3 is 0 Å². The van der Waals surface area contributed by atoms with Crippen LogP contribution >= 0.6 is 0 Å². The third kappa shape index (κ3) is 4.22. The lowest BCUT2D eigenvalue weighted by atomic mass is 10.0. The van der Waals surface area contributed by atoms with Crippen molar-refractivity contribution < 1.29 is 36.0 Å². The second-order valence-corrected chi connectivity index (χ2v) is 10.8. The van der Waals surface area contributed by atoms with Gasteiger partial charge in [0, 0.05) is 62.0 Å². The van der Waals surface area contributed by atoms with Gasteiger partial charge in [-0.25, -0.2) is 21.6 Å². The summed E-state index contributed by atoms with van der Waals surface area (Å²) in [5.74, 6) is -4.19. The fraction of sp³-hybridized carbons (Fsp3) is 0.348. The molecule has 0 aromatic heterocycles. The van der Waals surface area contributed by atoms with Gasteiger partial charge in [0.1, 0.15) is 23.5 Å². The summed E-state index contributed by atoms with van der Waals surface area (Å²) in [6, 6.07) is 3.59. The topological polar surface area (TPSA) is 107 Å². The fourth-order valence-electron chi connectivity index (χ4n) is 4.89. The second-order valence-electron chi connectivity index (χ2n) is 8.85. The number of anilines is 1. The van der Waals surface area contributed by atoms with Crippen LogP contribution in [0.1, 0.15) is 28.8 Å². The normalized spacial score (nSPS) is 21.1. The molecule has 13 heteroatoms. The number of hydrogen-bond donors (Lipinski definition) is 1. The Balaban J connectivity index is 1.36. The average molecular weight is 523 g/mol. The van der Waals surface area contributed by atoms with Crippen LogP contribution in [0.25, 0.3) is 0 Å². The van der Waals surface area contributed by atoms with Crippen molar-refractivity contribution in [1.29, 1.82) is 0 Å². The van der Waals surface area contributed by atoms with E-state index in [1.54, 1.807) is 4.90 Å². The van der Waals surface area contributed by atoms with Crippen molar-refractivity contribution in [2.45, 2.75) is 30.3 Å². The first kappa shape index (κ1) is 24.3. The van der Waals surface area contributed by atoms with Crippen molar-refractivity contribution in [2.24, 2.45) is 0 Å². The molecule has 190 valence electrons. The summed E-state index contributed by atoms with van der Waals surface area (Å²) in [5.41, 5.74) is 1.02. The van der Waals surface area contributed by atoms with Crippen molar-refractivity contribution in [3.05, 3.63) is 58.9 Å². The molecule has 3 heterocycles. The summed E-state index contributed by atoms with van der Waals surface area (Å²) in [6.45, 7) is 0.253. The number of piperidine rings is 1. The van der Waals surface area contributed by atoms with Crippen molar-refractivity contribution >= 4 is 33.4 Å². The molecule has 3 amide bonds. The summed E-state index contributed by atoms with van der Waals surface area (Å²) in [4.78, 5) is 39.4. The number of rotatable bonds is 4. The number of fused-ring (bicyclic) bond motifs is 1. The molecule has 9 nitrogen and oxygen atoms in total. The Hall–Kier alpha value is -3.45. The summed E-state index contributed by atoms with van der Waals surface area (Å²) >= 11 is 0. The van der Waals surface area contributed by atoms with Gasteiger partial charge in [-0.1, -0.05) is 0 Å². The molecule has 0 bridgehead atoms. The fourth-order valence-corrected chi connectivity index (χ4v) is 6.35. The number of nitrogens with one attached hydrogen (secondary N) is 1. The van der Waals surface area contributed by atoms with Crippen LogP contribution in [0.15, 0.2) is 35.2 Å². The quantitative estimate of drug-likeness (QED) is 0.608. The van der Waals surface area contributed by atoms with Gasteiger partial charge in [-0.15, -0.1) is 0 Å². The van der Waals surface area contributed by atoms with E-state index >= 15 is 0 Å². The first-order chi connectivity index (χ1) is 17.0. The number of carbonyl (C=O) groups excluding carboxylic acids is 3. The molecule has 2 fully saturated rings. The molecular weight excluding hydrogens is 501 g/mol. The smallest absolute Gasteiger partial charge is 0.255 e. The van der Waals surface area contributed by atoms with Crippen molar-refractivity contribution in [2.75, 3.05) is 31.1 Å². The third-order valence-electron chi connectivity index (χ3n) is 6.65. The molecule has 3 aliphatic rings. The molecule has 3 aliphatic heterocycles. The van der Waals surface area contributed by atoms with Crippen molar-refractivity contribution in [1.82, 2.24) is 14.5 Å². The number of sulfonamides is 1. The Morgan fingerprint density at radius 3 is 2.14 bits per heavy atom. The molecule has 2 aromatic carbocycles. The molecule has 5 rings (SSSR count). The van der Waals surface area contributed by atoms with Crippen LogP contribution in [0.3, 0.4) is 0 Å². The van der Waals surface area contributed by atoms with E-state index in [1.165, 1.54) is 11.0 Å². The minimum atomic E-state index is -4.16. The number of nitrogens with zero attached hydrogens (tertiary/aromatic N) is 3. The molecule has 1 unspecified atom stereocenters. The van der Waals surface area contributed by atoms with E-state index in [1.807, 2.05) is 0 Å². The molecule has 2 saturated heterocycles. The van der Waals surface area contributed by atoms with Gasteiger partial charge in [-0.05, 0) is 30.7 Å². The maximum absolute atomic E-state index is 14.5. The van der Waals surface area contributed by atoms with Gasteiger partial charge < -0.3 is 9.80 Å². The predicted octanol–water partition coefficient (Wildman–Crippen LogP) is 1.38.